The summed E-state index contributed by atoms with van der Waals surface area (Å²) in [6.07, 6.45) is 0. The summed E-state index contributed by atoms with van der Waals surface area (Å²) in [4.78, 5) is 0. The molecule has 0 aromatic heterocycles. The van der Waals surface area contributed by atoms with Crippen molar-refractivity contribution in [3.63, 3.8) is 0 Å². The van der Waals surface area contributed by atoms with E-state index in [9.17, 15) is 10.6 Å². The first kappa shape index (κ1) is 9.59. The van der Waals surface area contributed by atoms with E-state index < -0.39 is 15.5 Å². The van der Waals surface area contributed by atoms with Crippen LogP contribution in [0.1, 0.15) is 1.43 Å². The molecule has 0 spiro atoms. The monoisotopic (exact) mass is 108 g/mol. The van der Waals surface area contributed by atoms with Crippen molar-refractivity contribution in [1.29, 1.82) is 0 Å². The van der Waals surface area contributed by atoms with E-state index in [0.717, 1.165) is 0 Å². The van der Waals surface area contributed by atoms with Crippen molar-refractivity contribution in [2.45, 2.75) is 0 Å². The molecule has 0 bridgehead atoms. The van der Waals surface area contributed by atoms with Crippen molar-refractivity contribution in [2.75, 3.05) is 0 Å². The molecule has 0 rings (SSSR count). The first-order valence-corrected chi connectivity index (χ1v) is 1.96. The molecule has 0 saturated carbocycles. The molecule has 0 N–H and O–H groups in total. The van der Waals surface area contributed by atoms with Gasteiger partial charge in [0.2, 0.25) is 0 Å². The second-order valence-corrected chi connectivity index (χ2v) is 0.742. The molecule has 0 fully saturated rings. The summed E-state index contributed by atoms with van der Waals surface area (Å²) in [7, 11) is 0. The molecule has 0 radical (unpaired) electrons. The molecule has 0 aliphatic rings. The Balaban J connectivity index is -0.0000000450. The minimum absolute atomic E-state index is 0. The molecule has 5 heteroatoms. The topological polar surface area (TPSA) is 0 Å². The fraction of sp³-hybridized carbons (Fsp3) is 0. The second kappa shape index (κ2) is 5.32. The summed E-state index contributed by atoms with van der Waals surface area (Å²) < 4.78 is 29.4. The zero-order chi connectivity index (χ0) is 3.58. The minimum atomic E-state index is -4.64. The summed E-state index contributed by atoms with van der Waals surface area (Å²) in [5.41, 5.74) is 0. The fourth-order valence-electron chi connectivity index (χ4n) is 0. The van der Waals surface area contributed by atoms with E-state index >= 15 is 0 Å². The van der Waals surface area contributed by atoms with Gasteiger partial charge in [-0.15, -0.1) is 0 Å². The molecule has 0 unspecified atom stereocenters. The van der Waals surface area contributed by atoms with Crippen LogP contribution in [0.15, 0.2) is 0 Å². The maximum atomic E-state index is 9.81. The molecule has 0 atom stereocenters. The average Bonchev–Trinajstić information content (AvgIpc) is 0.811. The van der Waals surface area contributed by atoms with E-state index in [4.69, 9.17) is 0 Å². The van der Waals surface area contributed by atoms with Gasteiger partial charge in [-0.25, -0.2) is 0 Å². The molecule has 0 amide bonds. The van der Waals surface area contributed by atoms with Crippen LogP contribution in [0.4, 0.5) is 10.6 Å². The van der Waals surface area contributed by atoms with Crippen molar-refractivity contribution in [1.82, 2.24) is 0 Å². The Morgan fingerprint density at radius 3 is 1.20 bits per heavy atom. The Hall–Kier alpha value is 1.32. The normalized spacial score (nSPS) is 5.40. The zero-order valence-corrected chi connectivity index (χ0v) is 5.87. The molecule has 0 aliphatic carbocycles. The maximum Gasteiger partial charge on any atom is 1.04 e. The van der Waals surface area contributed by atoms with Gasteiger partial charge in [0.1, 0.15) is 0 Å². The predicted molar refractivity (Wildman–Crippen MR) is 10.2 cm³/mol. The number of halogens is 3. The zero-order valence-electron chi connectivity index (χ0n) is 3.71. The Bertz CT molecular complexity index is 15.5. The Labute approximate surface area is 57.0 Å². The number of hydrogen-bond acceptors (Lipinski definition) is 0. The molecule has 5 heavy (non-hydrogen) atoms. The van der Waals surface area contributed by atoms with Crippen LogP contribution >= 0.6 is 0 Å². The van der Waals surface area contributed by atoms with E-state index in [1.165, 1.54) is 0 Å². The van der Waals surface area contributed by atoms with Gasteiger partial charge in [0, 0.05) is 0 Å². The Morgan fingerprint density at radius 2 is 1.20 bits per heavy atom. The van der Waals surface area contributed by atoms with Gasteiger partial charge in [-0.2, -0.15) is 0 Å². The van der Waals surface area contributed by atoms with Crippen LogP contribution in [0.3, 0.4) is 0 Å². The maximum absolute atomic E-state index is 9.81. The molecule has 0 saturated heterocycles. The van der Waals surface area contributed by atoms with Gasteiger partial charge in [-0.05, 0) is 0 Å². The van der Waals surface area contributed by atoms with Gasteiger partial charge in [0.25, 0.3) is 0 Å². The van der Waals surface area contributed by atoms with Crippen molar-refractivity contribution in [2.24, 2.45) is 0 Å². The molecule has 0 aromatic carbocycles. The van der Waals surface area contributed by atoms with Crippen LogP contribution in [0.5, 0.6) is 0 Å². The third-order valence-electron chi connectivity index (χ3n) is 0. The van der Waals surface area contributed by atoms with Crippen LogP contribution in [-0.2, 0) is 0 Å². The first-order chi connectivity index (χ1) is 1.73. The standard InChI is InChI=1S/Al.3FH.Na.H/h;3*1H;;/q+3;;;;+1;-1/p-3. The van der Waals surface area contributed by atoms with E-state index in [-0.39, 0.29) is 31.0 Å². The second-order valence-electron chi connectivity index (χ2n) is 0.247. The van der Waals surface area contributed by atoms with Gasteiger partial charge in [-0.3, -0.25) is 0 Å². The van der Waals surface area contributed by atoms with Crippen molar-refractivity contribution in [3.8, 4) is 0 Å². The largest absolute Gasteiger partial charge is 1.04 e. The van der Waals surface area contributed by atoms with Crippen molar-refractivity contribution >= 4 is 15.5 Å². The van der Waals surface area contributed by atoms with Crippen molar-refractivity contribution in [3.05, 3.63) is 0 Å². The molecule has 26 valence electrons. The summed E-state index contributed by atoms with van der Waals surface area (Å²) in [5, 5.41) is 0. The van der Waals surface area contributed by atoms with Gasteiger partial charge in [0.15, 0.2) is 0 Å². The van der Waals surface area contributed by atoms with Gasteiger partial charge in [-0.1, -0.05) is 0 Å². The van der Waals surface area contributed by atoms with Crippen LogP contribution < -0.4 is 29.6 Å². The van der Waals surface area contributed by atoms with Crippen LogP contribution in [0.25, 0.3) is 0 Å². The SMILES string of the molecule is [F][Al]([F])[F].[H-].[Na+]. The van der Waals surface area contributed by atoms with Gasteiger partial charge >= 0.3 is 45.1 Å². The molecular weight excluding hydrogens is 107 g/mol. The molecule has 0 aliphatic heterocycles. The summed E-state index contributed by atoms with van der Waals surface area (Å²) in [6, 6.07) is 0. The van der Waals surface area contributed by atoms with E-state index in [1.54, 1.807) is 0 Å². The predicted octanol–water partition coefficient (Wildman–Crippen LogP) is -2.00. The van der Waals surface area contributed by atoms with E-state index in [2.05, 4.69) is 0 Å². The molecule has 0 heterocycles. The average molecular weight is 108 g/mol. The third-order valence-corrected chi connectivity index (χ3v) is 0. The van der Waals surface area contributed by atoms with Crippen LogP contribution in [0, 0.1) is 0 Å². The van der Waals surface area contributed by atoms with Crippen LogP contribution in [0.2, 0.25) is 0 Å². The third kappa shape index (κ3) is 33.6. The number of rotatable bonds is 0. The molecule has 0 nitrogen and oxygen atoms in total. The van der Waals surface area contributed by atoms with E-state index in [1.807, 2.05) is 0 Å². The Morgan fingerprint density at radius 1 is 1.20 bits per heavy atom. The van der Waals surface area contributed by atoms with Crippen molar-refractivity contribution < 1.29 is 41.6 Å². The molecular formula is HAlF3Na. The van der Waals surface area contributed by atoms with Crippen LogP contribution in [-0.4, -0.2) is 15.5 Å². The summed E-state index contributed by atoms with van der Waals surface area (Å²) >= 11 is -4.64. The quantitative estimate of drug-likeness (QED) is 0.315. The Kier molecular flexibility index (Phi) is 10.2. The molecule has 0 aromatic rings. The smallest absolute Gasteiger partial charge is 1.00 e. The van der Waals surface area contributed by atoms with Gasteiger partial charge < -0.3 is 12.0 Å². The fourth-order valence-corrected chi connectivity index (χ4v) is 0. The number of hydrogen-bond donors (Lipinski definition) is 0. The summed E-state index contributed by atoms with van der Waals surface area (Å²) in [6.45, 7) is 0. The van der Waals surface area contributed by atoms with E-state index in [0.29, 0.717) is 0 Å². The minimum Gasteiger partial charge on any atom is -1.00 e. The van der Waals surface area contributed by atoms with Gasteiger partial charge in [0.05, 0.1) is 0 Å². The summed E-state index contributed by atoms with van der Waals surface area (Å²) in [5.74, 6) is 0. The first-order valence-electron chi connectivity index (χ1n) is 0.655.